The molecule has 1 saturated heterocycles. The zero-order valence-corrected chi connectivity index (χ0v) is 12.8. The summed E-state index contributed by atoms with van der Waals surface area (Å²) in [7, 11) is 1.55. The van der Waals surface area contributed by atoms with Gasteiger partial charge in [-0.2, -0.15) is 0 Å². The van der Waals surface area contributed by atoms with Crippen LogP contribution in [0.3, 0.4) is 0 Å². The SMILES string of the molecule is COc1ccc(O[C@H]2CCN(C(=O)[C@H]3CC=CCC3)C2)nn1. The molecule has 0 saturated carbocycles. The molecular formula is C16H21N3O3. The first-order valence-corrected chi connectivity index (χ1v) is 7.74. The molecule has 0 spiro atoms. The van der Waals surface area contributed by atoms with Gasteiger partial charge in [0.2, 0.25) is 17.7 Å². The fourth-order valence-electron chi connectivity index (χ4n) is 2.95. The van der Waals surface area contributed by atoms with Crippen LogP contribution < -0.4 is 9.47 Å². The van der Waals surface area contributed by atoms with Crippen LogP contribution in [0.25, 0.3) is 0 Å². The summed E-state index contributed by atoms with van der Waals surface area (Å²) in [6, 6.07) is 3.46. The molecule has 1 amide bonds. The smallest absolute Gasteiger partial charge is 0.233 e. The standard InChI is InChI=1S/C16H21N3O3/c1-21-14-7-8-15(18-17-14)22-13-9-10-19(11-13)16(20)12-5-3-2-4-6-12/h2-3,7-8,12-13H,4-6,9-11H2,1H3/t12-,13-/m0/s1. The Bertz CT molecular complexity index is 544. The van der Waals surface area contributed by atoms with Crippen molar-refractivity contribution in [1.29, 1.82) is 0 Å². The van der Waals surface area contributed by atoms with Crippen LogP contribution in [0.1, 0.15) is 25.7 Å². The van der Waals surface area contributed by atoms with E-state index in [1.165, 1.54) is 0 Å². The number of allylic oxidation sites excluding steroid dienone is 2. The molecule has 118 valence electrons. The van der Waals surface area contributed by atoms with E-state index in [4.69, 9.17) is 9.47 Å². The molecule has 0 N–H and O–H groups in total. The molecule has 2 heterocycles. The van der Waals surface area contributed by atoms with E-state index in [1.807, 2.05) is 4.90 Å². The molecule has 1 fully saturated rings. The summed E-state index contributed by atoms with van der Waals surface area (Å²) in [6.45, 7) is 1.39. The van der Waals surface area contributed by atoms with E-state index in [9.17, 15) is 4.79 Å². The van der Waals surface area contributed by atoms with Gasteiger partial charge in [-0.3, -0.25) is 4.79 Å². The van der Waals surface area contributed by atoms with Crippen molar-refractivity contribution in [1.82, 2.24) is 15.1 Å². The van der Waals surface area contributed by atoms with Crippen molar-refractivity contribution < 1.29 is 14.3 Å². The van der Waals surface area contributed by atoms with Crippen molar-refractivity contribution in [2.45, 2.75) is 31.8 Å². The average Bonchev–Trinajstić information content (AvgIpc) is 3.04. The van der Waals surface area contributed by atoms with Crippen LogP contribution in [0, 0.1) is 5.92 Å². The monoisotopic (exact) mass is 303 g/mol. The number of hydrogen-bond acceptors (Lipinski definition) is 5. The summed E-state index contributed by atoms with van der Waals surface area (Å²) in [4.78, 5) is 14.4. The third-order valence-electron chi connectivity index (χ3n) is 4.19. The molecular weight excluding hydrogens is 282 g/mol. The summed E-state index contributed by atoms with van der Waals surface area (Å²) < 4.78 is 10.8. The Morgan fingerprint density at radius 2 is 2.05 bits per heavy atom. The normalized spacial score (nSPS) is 24.3. The van der Waals surface area contributed by atoms with Gasteiger partial charge in [0.1, 0.15) is 6.10 Å². The Hall–Kier alpha value is -2.11. The molecule has 22 heavy (non-hydrogen) atoms. The van der Waals surface area contributed by atoms with E-state index in [0.717, 1.165) is 32.2 Å². The largest absolute Gasteiger partial charge is 0.480 e. The lowest BCUT2D eigenvalue weighted by atomic mass is 9.93. The Balaban J connectivity index is 1.53. The Morgan fingerprint density at radius 1 is 1.23 bits per heavy atom. The second kappa shape index (κ2) is 6.77. The van der Waals surface area contributed by atoms with Gasteiger partial charge in [0.15, 0.2) is 0 Å². The highest BCUT2D eigenvalue weighted by Crippen LogP contribution is 2.24. The summed E-state index contributed by atoms with van der Waals surface area (Å²) in [5.74, 6) is 1.34. The minimum Gasteiger partial charge on any atom is -0.480 e. The van der Waals surface area contributed by atoms with Crippen molar-refractivity contribution >= 4 is 5.91 Å². The van der Waals surface area contributed by atoms with Gasteiger partial charge < -0.3 is 14.4 Å². The molecule has 0 unspecified atom stereocenters. The van der Waals surface area contributed by atoms with E-state index in [1.54, 1.807) is 19.2 Å². The van der Waals surface area contributed by atoms with Gasteiger partial charge in [-0.05, 0) is 19.3 Å². The molecule has 0 aromatic carbocycles. The van der Waals surface area contributed by atoms with Crippen LogP contribution in [0.4, 0.5) is 0 Å². The van der Waals surface area contributed by atoms with Crippen LogP contribution in [0.5, 0.6) is 11.8 Å². The molecule has 0 bridgehead atoms. The quantitative estimate of drug-likeness (QED) is 0.794. The first-order chi connectivity index (χ1) is 10.8. The number of carbonyl (C=O) groups is 1. The van der Waals surface area contributed by atoms with Crippen molar-refractivity contribution in [2.24, 2.45) is 5.92 Å². The summed E-state index contributed by atoms with van der Waals surface area (Å²) >= 11 is 0. The Kier molecular flexibility index (Phi) is 4.56. The van der Waals surface area contributed by atoms with Gasteiger partial charge in [-0.15, -0.1) is 10.2 Å². The number of nitrogens with zero attached hydrogens (tertiary/aromatic N) is 3. The lowest BCUT2D eigenvalue weighted by Gasteiger charge is -2.24. The molecule has 1 aliphatic carbocycles. The predicted octanol–water partition coefficient (Wildman–Crippen LogP) is 1.82. The predicted molar refractivity (Wildman–Crippen MR) is 80.7 cm³/mol. The Morgan fingerprint density at radius 3 is 2.73 bits per heavy atom. The van der Waals surface area contributed by atoms with E-state index in [-0.39, 0.29) is 17.9 Å². The van der Waals surface area contributed by atoms with E-state index >= 15 is 0 Å². The molecule has 6 nitrogen and oxygen atoms in total. The van der Waals surface area contributed by atoms with Crippen LogP contribution >= 0.6 is 0 Å². The zero-order valence-electron chi connectivity index (χ0n) is 12.8. The van der Waals surface area contributed by atoms with Gasteiger partial charge in [-0.1, -0.05) is 12.2 Å². The number of hydrogen-bond donors (Lipinski definition) is 0. The second-order valence-electron chi connectivity index (χ2n) is 5.71. The molecule has 0 radical (unpaired) electrons. The maximum absolute atomic E-state index is 12.5. The molecule has 1 aromatic heterocycles. The minimum absolute atomic E-state index is 0.00854. The van der Waals surface area contributed by atoms with E-state index in [2.05, 4.69) is 22.3 Å². The number of methoxy groups -OCH3 is 1. The number of aromatic nitrogens is 2. The molecule has 2 atom stereocenters. The van der Waals surface area contributed by atoms with Gasteiger partial charge in [0.25, 0.3) is 0 Å². The first kappa shape index (κ1) is 14.8. The number of amides is 1. The number of rotatable bonds is 4. The summed E-state index contributed by atoms with van der Waals surface area (Å²) in [6.07, 6.45) is 7.93. The van der Waals surface area contributed by atoms with Crippen LogP contribution in [0.2, 0.25) is 0 Å². The molecule has 3 rings (SSSR count). The molecule has 6 heteroatoms. The molecule has 2 aliphatic rings. The van der Waals surface area contributed by atoms with Gasteiger partial charge in [0.05, 0.1) is 13.7 Å². The average molecular weight is 303 g/mol. The highest BCUT2D eigenvalue weighted by atomic mass is 16.5. The van der Waals surface area contributed by atoms with Crippen LogP contribution in [-0.2, 0) is 4.79 Å². The Labute approximate surface area is 130 Å². The molecule has 1 aliphatic heterocycles. The topological polar surface area (TPSA) is 64.6 Å². The van der Waals surface area contributed by atoms with E-state index in [0.29, 0.717) is 18.3 Å². The van der Waals surface area contributed by atoms with Gasteiger partial charge in [-0.25, -0.2) is 0 Å². The van der Waals surface area contributed by atoms with Gasteiger partial charge in [0, 0.05) is 31.0 Å². The van der Waals surface area contributed by atoms with Crippen molar-refractivity contribution in [3.63, 3.8) is 0 Å². The number of carbonyl (C=O) groups excluding carboxylic acids is 1. The van der Waals surface area contributed by atoms with E-state index < -0.39 is 0 Å². The fourth-order valence-corrected chi connectivity index (χ4v) is 2.95. The first-order valence-electron chi connectivity index (χ1n) is 7.74. The second-order valence-corrected chi connectivity index (χ2v) is 5.71. The minimum atomic E-state index is -0.00854. The number of ether oxygens (including phenoxy) is 2. The molecule has 1 aromatic rings. The maximum Gasteiger partial charge on any atom is 0.233 e. The van der Waals surface area contributed by atoms with Crippen molar-refractivity contribution in [3.8, 4) is 11.8 Å². The van der Waals surface area contributed by atoms with Gasteiger partial charge >= 0.3 is 0 Å². The lowest BCUT2D eigenvalue weighted by molar-refractivity contribution is -0.135. The third-order valence-corrected chi connectivity index (χ3v) is 4.19. The highest BCUT2D eigenvalue weighted by molar-refractivity contribution is 5.79. The highest BCUT2D eigenvalue weighted by Gasteiger charge is 2.31. The van der Waals surface area contributed by atoms with Crippen molar-refractivity contribution in [2.75, 3.05) is 20.2 Å². The number of likely N-dealkylation sites (tertiary alicyclic amines) is 1. The van der Waals surface area contributed by atoms with Crippen molar-refractivity contribution in [3.05, 3.63) is 24.3 Å². The zero-order chi connectivity index (χ0) is 15.4. The van der Waals surface area contributed by atoms with Crippen LogP contribution in [-0.4, -0.2) is 47.3 Å². The summed E-state index contributed by atoms with van der Waals surface area (Å²) in [5, 5.41) is 7.84. The van der Waals surface area contributed by atoms with Crippen LogP contribution in [0.15, 0.2) is 24.3 Å². The third kappa shape index (κ3) is 3.37. The summed E-state index contributed by atoms with van der Waals surface area (Å²) in [5.41, 5.74) is 0. The maximum atomic E-state index is 12.5. The fraction of sp³-hybridized carbons (Fsp3) is 0.562. The lowest BCUT2D eigenvalue weighted by Crippen LogP contribution is -2.36.